The Bertz CT molecular complexity index is 460. The molecular formula is C15H28N2O6S2. The van der Waals surface area contributed by atoms with Crippen LogP contribution >= 0.6 is 21.6 Å². The van der Waals surface area contributed by atoms with E-state index in [9.17, 15) is 14.4 Å². The van der Waals surface area contributed by atoms with Gasteiger partial charge in [-0.25, -0.2) is 14.4 Å². The molecule has 0 saturated heterocycles. The van der Waals surface area contributed by atoms with Gasteiger partial charge in [0.25, 0.3) is 0 Å². The van der Waals surface area contributed by atoms with Crippen LogP contribution in [0.4, 0.5) is 9.59 Å². The molecule has 0 aliphatic rings. The van der Waals surface area contributed by atoms with E-state index >= 15 is 0 Å². The van der Waals surface area contributed by atoms with Crippen molar-refractivity contribution in [3.05, 3.63) is 0 Å². The minimum absolute atomic E-state index is 0.172. The number of aliphatic carboxylic acids is 1. The van der Waals surface area contributed by atoms with Crippen molar-refractivity contribution in [2.75, 3.05) is 18.1 Å². The lowest BCUT2D eigenvalue weighted by Gasteiger charge is -2.21. The molecule has 0 aliphatic carbocycles. The lowest BCUT2D eigenvalue weighted by atomic mass is 10.2. The highest BCUT2D eigenvalue weighted by molar-refractivity contribution is 8.76. The zero-order chi connectivity index (χ0) is 19.7. The maximum absolute atomic E-state index is 11.6. The molecule has 0 spiro atoms. The fourth-order valence-corrected chi connectivity index (χ4v) is 3.37. The van der Waals surface area contributed by atoms with E-state index in [1.807, 2.05) is 0 Å². The van der Waals surface area contributed by atoms with Crippen LogP contribution in [0.5, 0.6) is 0 Å². The van der Waals surface area contributed by atoms with Crippen LogP contribution in [0, 0.1) is 0 Å². The van der Waals surface area contributed by atoms with Gasteiger partial charge in [-0.2, -0.15) is 0 Å². The summed E-state index contributed by atoms with van der Waals surface area (Å²) in [6.07, 6.45) is -1.26. The molecule has 25 heavy (non-hydrogen) atoms. The van der Waals surface area contributed by atoms with Crippen molar-refractivity contribution in [2.24, 2.45) is 0 Å². The minimum Gasteiger partial charge on any atom is -0.480 e. The number of amides is 2. The number of rotatable bonds is 8. The van der Waals surface area contributed by atoms with Crippen molar-refractivity contribution in [2.45, 2.75) is 58.8 Å². The number of nitrogens with one attached hydrogen (secondary N) is 2. The van der Waals surface area contributed by atoms with Crippen LogP contribution in [0.2, 0.25) is 0 Å². The first-order chi connectivity index (χ1) is 11.3. The Morgan fingerprint density at radius 3 is 1.96 bits per heavy atom. The SMILES string of the molecule is CC(C)(C)OC(=O)NCCSSCC(NC(=O)OC(C)(C)C)C(=O)O. The summed E-state index contributed by atoms with van der Waals surface area (Å²) in [5, 5.41) is 14.1. The van der Waals surface area contributed by atoms with Gasteiger partial charge in [-0.3, -0.25) is 0 Å². The molecule has 8 nitrogen and oxygen atoms in total. The van der Waals surface area contributed by atoms with Crippen LogP contribution in [0.1, 0.15) is 41.5 Å². The van der Waals surface area contributed by atoms with Gasteiger partial charge in [0.1, 0.15) is 17.2 Å². The fraction of sp³-hybridized carbons (Fsp3) is 0.800. The van der Waals surface area contributed by atoms with E-state index in [1.54, 1.807) is 41.5 Å². The monoisotopic (exact) mass is 396 g/mol. The van der Waals surface area contributed by atoms with Crippen LogP contribution in [-0.2, 0) is 14.3 Å². The molecular weight excluding hydrogens is 368 g/mol. The number of hydrogen-bond acceptors (Lipinski definition) is 7. The zero-order valence-electron chi connectivity index (χ0n) is 15.5. The van der Waals surface area contributed by atoms with Crippen LogP contribution in [0.25, 0.3) is 0 Å². The Labute approximate surface area is 156 Å². The van der Waals surface area contributed by atoms with E-state index in [0.29, 0.717) is 12.3 Å². The first kappa shape index (κ1) is 23.7. The number of ether oxygens (including phenoxy) is 2. The van der Waals surface area contributed by atoms with Crippen molar-refractivity contribution < 1.29 is 29.0 Å². The molecule has 1 atom stereocenters. The van der Waals surface area contributed by atoms with Gasteiger partial charge in [0.2, 0.25) is 0 Å². The first-order valence-corrected chi connectivity index (χ1v) is 10.2. The number of alkyl carbamates (subject to hydrolysis) is 2. The van der Waals surface area contributed by atoms with Gasteiger partial charge in [-0.15, -0.1) is 0 Å². The highest BCUT2D eigenvalue weighted by Gasteiger charge is 2.24. The second kappa shape index (κ2) is 10.6. The summed E-state index contributed by atoms with van der Waals surface area (Å²) in [7, 11) is 2.68. The van der Waals surface area contributed by atoms with Crippen LogP contribution in [0.15, 0.2) is 0 Å². The zero-order valence-corrected chi connectivity index (χ0v) is 17.1. The largest absolute Gasteiger partial charge is 0.480 e. The van der Waals surface area contributed by atoms with E-state index in [4.69, 9.17) is 14.6 Å². The van der Waals surface area contributed by atoms with Gasteiger partial charge >= 0.3 is 18.2 Å². The molecule has 3 N–H and O–H groups in total. The summed E-state index contributed by atoms with van der Waals surface area (Å²) < 4.78 is 10.1. The maximum Gasteiger partial charge on any atom is 0.408 e. The molecule has 0 fully saturated rings. The van der Waals surface area contributed by atoms with Crippen LogP contribution in [0.3, 0.4) is 0 Å². The average molecular weight is 397 g/mol. The molecule has 0 aromatic heterocycles. The Kier molecular flexibility index (Phi) is 10.1. The Morgan fingerprint density at radius 2 is 1.48 bits per heavy atom. The van der Waals surface area contributed by atoms with Crippen molar-refractivity contribution >= 4 is 39.7 Å². The van der Waals surface area contributed by atoms with Crippen LogP contribution < -0.4 is 10.6 Å². The number of carbonyl (C=O) groups is 3. The lowest BCUT2D eigenvalue weighted by Crippen LogP contribution is -2.44. The number of carboxylic acids is 1. The standard InChI is InChI=1S/C15H28N2O6S2/c1-14(2,3)22-12(20)16-7-8-24-25-9-10(11(18)19)17-13(21)23-15(4,5)6/h10H,7-9H2,1-6H3,(H,16,20)(H,17,21)(H,18,19). The number of hydrogen-bond donors (Lipinski definition) is 3. The van der Waals surface area contributed by atoms with E-state index < -0.39 is 35.4 Å². The Balaban J connectivity index is 4.00. The second-order valence-electron chi connectivity index (χ2n) is 7.07. The smallest absolute Gasteiger partial charge is 0.408 e. The first-order valence-electron chi connectivity index (χ1n) is 7.74. The summed E-state index contributed by atoms with van der Waals surface area (Å²) in [6.45, 7) is 10.8. The number of carboxylic acid groups (broad SMARTS) is 1. The Morgan fingerprint density at radius 1 is 0.960 bits per heavy atom. The third-order valence-corrected chi connectivity index (χ3v) is 4.58. The molecule has 2 amide bonds. The van der Waals surface area contributed by atoms with Crippen molar-refractivity contribution in [3.63, 3.8) is 0 Å². The van der Waals surface area contributed by atoms with E-state index in [2.05, 4.69) is 10.6 Å². The normalized spacial score (nSPS) is 12.9. The molecule has 0 aromatic rings. The summed E-state index contributed by atoms with van der Waals surface area (Å²) in [4.78, 5) is 34.2. The van der Waals surface area contributed by atoms with Gasteiger partial charge in [-0.1, -0.05) is 21.6 Å². The quantitative estimate of drug-likeness (QED) is 0.424. The third kappa shape index (κ3) is 14.7. The third-order valence-electron chi connectivity index (χ3n) is 2.16. The van der Waals surface area contributed by atoms with Gasteiger partial charge < -0.3 is 25.2 Å². The predicted octanol–water partition coefficient (Wildman–Crippen LogP) is 2.87. The lowest BCUT2D eigenvalue weighted by molar-refractivity contribution is -0.138. The van der Waals surface area contributed by atoms with Gasteiger partial charge in [-0.05, 0) is 41.5 Å². The second-order valence-corrected chi connectivity index (χ2v) is 9.70. The maximum atomic E-state index is 11.6. The van der Waals surface area contributed by atoms with Crippen molar-refractivity contribution in [3.8, 4) is 0 Å². The van der Waals surface area contributed by atoms with E-state index in [0.717, 1.165) is 0 Å². The molecule has 0 aliphatic heterocycles. The van der Waals surface area contributed by atoms with E-state index in [1.165, 1.54) is 21.6 Å². The highest BCUT2D eigenvalue weighted by Crippen LogP contribution is 2.21. The minimum atomic E-state index is -1.13. The molecule has 1 unspecified atom stereocenters. The molecule has 0 bridgehead atoms. The van der Waals surface area contributed by atoms with Gasteiger partial charge in [0, 0.05) is 18.1 Å². The fourth-order valence-electron chi connectivity index (χ4n) is 1.31. The molecule has 0 aromatic carbocycles. The predicted molar refractivity (Wildman–Crippen MR) is 99.9 cm³/mol. The topological polar surface area (TPSA) is 114 Å². The average Bonchev–Trinajstić information content (AvgIpc) is 2.36. The number of carbonyl (C=O) groups excluding carboxylic acids is 2. The molecule has 0 heterocycles. The molecule has 10 heteroatoms. The summed E-state index contributed by atoms with van der Waals surface area (Å²) in [5.41, 5.74) is -1.24. The van der Waals surface area contributed by atoms with Crippen molar-refractivity contribution in [1.29, 1.82) is 0 Å². The van der Waals surface area contributed by atoms with Gasteiger partial charge in [0.15, 0.2) is 0 Å². The van der Waals surface area contributed by atoms with Crippen LogP contribution in [-0.4, -0.2) is 58.6 Å². The van der Waals surface area contributed by atoms with Gasteiger partial charge in [0.05, 0.1) is 0 Å². The summed E-state index contributed by atoms with van der Waals surface area (Å²) >= 11 is 0. The highest BCUT2D eigenvalue weighted by atomic mass is 33.1. The Hall–Kier alpha value is -1.29. The summed E-state index contributed by atoms with van der Waals surface area (Å²) in [5.74, 6) is -0.389. The van der Waals surface area contributed by atoms with Crippen molar-refractivity contribution in [1.82, 2.24) is 10.6 Å². The molecule has 146 valence electrons. The molecule has 0 rings (SSSR count). The van der Waals surface area contributed by atoms with E-state index in [-0.39, 0.29) is 5.75 Å². The molecule has 0 radical (unpaired) electrons. The summed E-state index contributed by atoms with van der Waals surface area (Å²) in [6, 6.07) is -1.05. The molecule has 0 saturated carbocycles.